The van der Waals surface area contributed by atoms with E-state index in [-0.39, 0.29) is 5.41 Å². The maximum absolute atomic E-state index is 5.55. The van der Waals surface area contributed by atoms with E-state index in [1.54, 1.807) is 0 Å². The minimum Gasteiger partial charge on any atom is -0.493 e. The zero-order valence-corrected chi connectivity index (χ0v) is 11.9. The van der Waals surface area contributed by atoms with Gasteiger partial charge in [-0.2, -0.15) is 0 Å². The van der Waals surface area contributed by atoms with Crippen LogP contribution in [0.2, 0.25) is 0 Å². The van der Waals surface area contributed by atoms with Crippen molar-refractivity contribution < 1.29 is 4.74 Å². The molecule has 1 aliphatic rings. The number of thiophene rings is 1. The zero-order chi connectivity index (χ0) is 12.8. The standard InChI is InChI=1S/C16H18OS/c1-16(2,3)15-7-6-14(18-15)12-4-5-13-11(10-12)8-9-17-13/h4-7,10H,8-9H2,1-3H3. The smallest absolute Gasteiger partial charge is 0.122 e. The molecule has 0 fully saturated rings. The maximum Gasteiger partial charge on any atom is 0.122 e. The fourth-order valence-electron chi connectivity index (χ4n) is 2.24. The number of ether oxygens (including phenoxy) is 1. The van der Waals surface area contributed by atoms with Crippen LogP contribution in [0.4, 0.5) is 0 Å². The number of benzene rings is 1. The molecule has 18 heavy (non-hydrogen) atoms. The van der Waals surface area contributed by atoms with E-state index in [9.17, 15) is 0 Å². The van der Waals surface area contributed by atoms with E-state index in [1.165, 1.54) is 20.9 Å². The third kappa shape index (κ3) is 2.05. The van der Waals surface area contributed by atoms with E-state index in [4.69, 9.17) is 4.74 Å². The number of rotatable bonds is 1. The lowest BCUT2D eigenvalue weighted by molar-refractivity contribution is 0.357. The Morgan fingerprint density at radius 2 is 1.94 bits per heavy atom. The van der Waals surface area contributed by atoms with E-state index >= 15 is 0 Å². The van der Waals surface area contributed by atoms with Gasteiger partial charge in [-0.3, -0.25) is 0 Å². The fourth-order valence-corrected chi connectivity index (χ4v) is 3.30. The second-order valence-electron chi connectivity index (χ2n) is 5.83. The van der Waals surface area contributed by atoms with E-state index in [0.717, 1.165) is 18.8 Å². The van der Waals surface area contributed by atoms with Crippen LogP contribution in [0.15, 0.2) is 30.3 Å². The van der Waals surface area contributed by atoms with Gasteiger partial charge in [0.1, 0.15) is 5.75 Å². The van der Waals surface area contributed by atoms with Crippen molar-refractivity contribution in [2.45, 2.75) is 32.6 Å². The van der Waals surface area contributed by atoms with E-state index in [2.05, 4.69) is 51.1 Å². The molecule has 2 heteroatoms. The largest absolute Gasteiger partial charge is 0.493 e. The SMILES string of the molecule is CC(C)(C)c1ccc(-c2ccc3c(c2)CCO3)s1. The van der Waals surface area contributed by atoms with Crippen molar-refractivity contribution in [2.75, 3.05) is 6.61 Å². The van der Waals surface area contributed by atoms with Crippen molar-refractivity contribution in [3.05, 3.63) is 40.8 Å². The van der Waals surface area contributed by atoms with Crippen LogP contribution >= 0.6 is 11.3 Å². The molecule has 0 N–H and O–H groups in total. The van der Waals surface area contributed by atoms with E-state index in [0.29, 0.717) is 0 Å². The number of hydrogen-bond acceptors (Lipinski definition) is 2. The lowest BCUT2D eigenvalue weighted by Gasteiger charge is -2.15. The summed E-state index contributed by atoms with van der Waals surface area (Å²) < 4.78 is 5.55. The van der Waals surface area contributed by atoms with Gasteiger partial charge < -0.3 is 4.74 Å². The van der Waals surface area contributed by atoms with Gasteiger partial charge in [-0.1, -0.05) is 20.8 Å². The van der Waals surface area contributed by atoms with Crippen molar-refractivity contribution in [3.8, 4) is 16.2 Å². The summed E-state index contributed by atoms with van der Waals surface area (Å²) in [6.45, 7) is 7.62. The molecule has 0 spiro atoms. The first kappa shape index (κ1) is 11.8. The van der Waals surface area contributed by atoms with Gasteiger partial charge in [-0.25, -0.2) is 0 Å². The van der Waals surface area contributed by atoms with Crippen molar-refractivity contribution in [1.29, 1.82) is 0 Å². The second kappa shape index (κ2) is 4.13. The molecule has 2 aromatic rings. The Balaban J connectivity index is 1.98. The van der Waals surface area contributed by atoms with Gasteiger partial charge in [0.2, 0.25) is 0 Å². The molecule has 94 valence electrons. The topological polar surface area (TPSA) is 9.23 Å². The van der Waals surface area contributed by atoms with Gasteiger partial charge in [-0.05, 0) is 46.9 Å². The average molecular weight is 258 g/mol. The molecular weight excluding hydrogens is 240 g/mol. The zero-order valence-electron chi connectivity index (χ0n) is 11.1. The van der Waals surface area contributed by atoms with Crippen molar-refractivity contribution in [2.24, 2.45) is 0 Å². The molecule has 0 saturated heterocycles. The Bertz CT molecular complexity index is 575. The molecule has 1 aromatic heterocycles. The first-order valence-electron chi connectivity index (χ1n) is 6.40. The minimum absolute atomic E-state index is 0.239. The first-order chi connectivity index (χ1) is 8.54. The Hall–Kier alpha value is -1.28. The van der Waals surface area contributed by atoms with Crippen molar-refractivity contribution in [3.63, 3.8) is 0 Å². The normalized spacial score (nSPS) is 14.4. The summed E-state index contributed by atoms with van der Waals surface area (Å²) in [6.07, 6.45) is 1.04. The van der Waals surface area contributed by atoms with Gasteiger partial charge >= 0.3 is 0 Å². The van der Waals surface area contributed by atoms with Crippen molar-refractivity contribution >= 4 is 11.3 Å². The van der Waals surface area contributed by atoms with Crippen LogP contribution in [0.1, 0.15) is 31.2 Å². The highest BCUT2D eigenvalue weighted by Gasteiger charge is 2.18. The number of hydrogen-bond donors (Lipinski definition) is 0. The molecular formula is C16H18OS. The first-order valence-corrected chi connectivity index (χ1v) is 7.22. The average Bonchev–Trinajstić information content (AvgIpc) is 2.96. The molecule has 0 saturated carbocycles. The molecule has 0 amide bonds. The summed E-state index contributed by atoms with van der Waals surface area (Å²) in [5.74, 6) is 1.06. The summed E-state index contributed by atoms with van der Waals surface area (Å²) in [4.78, 5) is 2.80. The van der Waals surface area contributed by atoms with Gasteiger partial charge in [-0.15, -0.1) is 11.3 Å². The van der Waals surface area contributed by atoms with E-state index in [1.807, 2.05) is 11.3 Å². The minimum atomic E-state index is 0.239. The quantitative estimate of drug-likeness (QED) is 0.723. The lowest BCUT2D eigenvalue weighted by atomic mass is 9.95. The molecule has 0 bridgehead atoms. The Kier molecular flexibility index (Phi) is 2.70. The molecule has 1 nitrogen and oxygen atoms in total. The van der Waals surface area contributed by atoms with Gasteiger partial charge in [0.25, 0.3) is 0 Å². The highest BCUT2D eigenvalue weighted by atomic mass is 32.1. The van der Waals surface area contributed by atoms with Crippen LogP contribution in [0.5, 0.6) is 5.75 Å². The van der Waals surface area contributed by atoms with Crippen LogP contribution in [0.25, 0.3) is 10.4 Å². The highest BCUT2D eigenvalue weighted by molar-refractivity contribution is 7.15. The lowest BCUT2D eigenvalue weighted by Crippen LogP contribution is -2.07. The van der Waals surface area contributed by atoms with Crippen LogP contribution in [-0.2, 0) is 11.8 Å². The molecule has 0 radical (unpaired) electrons. The molecule has 0 unspecified atom stereocenters. The Morgan fingerprint density at radius 1 is 1.11 bits per heavy atom. The summed E-state index contributed by atoms with van der Waals surface area (Å²) in [6, 6.07) is 11.0. The van der Waals surface area contributed by atoms with Crippen LogP contribution in [-0.4, -0.2) is 6.61 Å². The maximum atomic E-state index is 5.55. The summed E-state index contributed by atoms with van der Waals surface area (Å²) in [7, 11) is 0. The number of fused-ring (bicyclic) bond motifs is 1. The third-order valence-corrected chi connectivity index (χ3v) is 4.88. The summed E-state index contributed by atoms with van der Waals surface area (Å²) >= 11 is 1.90. The molecule has 2 heterocycles. The molecule has 0 atom stereocenters. The van der Waals surface area contributed by atoms with Crippen LogP contribution in [0, 0.1) is 0 Å². The predicted molar refractivity (Wildman–Crippen MR) is 77.7 cm³/mol. The highest BCUT2D eigenvalue weighted by Crippen LogP contribution is 2.37. The van der Waals surface area contributed by atoms with Crippen LogP contribution < -0.4 is 4.74 Å². The van der Waals surface area contributed by atoms with Crippen LogP contribution in [0.3, 0.4) is 0 Å². The van der Waals surface area contributed by atoms with Gasteiger partial charge in [0.15, 0.2) is 0 Å². The summed E-state index contributed by atoms with van der Waals surface area (Å²) in [5.41, 5.74) is 2.90. The monoisotopic (exact) mass is 258 g/mol. The Morgan fingerprint density at radius 3 is 2.67 bits per heavy atom. The molecule has 1 aliphatic heterocycles. The van der Waals surface area contributed by atoms with Crippen molar-refractivity contribution in [1.82, 2.24) is 0 Å². The molecule has 0 aliphatic carbocycles. The third-order valence-electron chi connectivity index (χ3n) is 3.32. The Labute approximate surface area is 112 Å². The summed E-state index contributed by atoms with van der Waals surface area (Å²) in [5, 5.41) is 0. The molecule has 3 rings (SSSR count). The van der Waals surface area contributed by atoms with Gasteiger partial charge in [0, 0.05) is 16.2 Å². The second-order valence-corrected chi connectivity index (χ2v) is 6.92. The van der Waals surface area contributed by atoms with Gasteiger partial charge in [0.05, 0.1) is 6.61 Å². The fraction of sp³-hybridized carbons (Fsp3) is 0.375. The van der Waals surface area contributed by atoms with E-state index < -0.39 is 0 Å². The predicted octanol–water partition coefficient (Wildman–Crippen LogP) is 4.65. The molecule has 1 aromatic carbocycles.